The molecule has 2 unspecified atom stereocenters. The molecule has 1 fully saturated rings. The van der Waals surface area contributed by atoms with Crippen molar-refractivity contribution in [2.75, 3.05) is 18.8 Å². The van der Waals surface area contributed by atoms with E-state index >= 15 is 0 Å². The van der Waals surface area contributed by atoms with Gasteiger partial charge in [0.05, 0.1) is 5.75 Å². The fraction of sp³-hybridized carbons (Fsp3) is 1.00. The van der Waals surface area contributed by atoms with E-state index in [0.717, 1.165) is 45.2 Å². The Balaban J connectivity index is 2.25. The molecule has 5 heteroatoms. The number of rotatable bonds is 8. The third-order valence-corrected chi connectivity index (χ3v) is 5.20. The van der Waals surface area contributed by atoms with E-state index in [1.165, 1.54) is 6.42 Å². The van der Waals surface area contributed by atoms with Crippen LogP contribution < -0.4 is 10.0 Å². The molecule has 0 aromatic rings. The number of nitrogens with one attached hydrogen (secondary N) is 2. The van der Waals surface area contributed by atoms with Gasteiger partial charge in [-0.2, -0.15) is 0 Å². The number of hydrogen-bond donors (Lipinski definition) is 2. The highest BCUT2D eigenvalue weighted by Crippen LogP contribution is 2.24. The van der Waals surface area contributed by atoms with Crippen LogP contribution in [-0.4, -0.2) is 33.3 Å². The Morgan fingerprint density at radius 2 is 1.89 bits per heavy atom. The van der Waals surface area contributed by atoms with Crippen molar-refractivity contribution in [1.82, 2.24) is 10.0 Å². The zero-order valence-electron chi connectivity index (χ0n) is 11.7. The third-order valence-electron chi connectivity index (χ3n) is 3.71. The first kappa shape index (κ1) is 15.9. The second-order valence-electron chi connectivity index (χ2n) is 5.37. The van der Waals surface area contributed by atoms with Crippen molar-refractivity contribution < 1.29 is 8.42 Å². The van der Waals surface area contributed by atoms with Crippen molar-refractivity contribution in [2.45, 2.75) is 58.4 Å². The van der Waals surface area contributed by atoms with Crippen LogP contribution in [0.15, 0.2) is 0 Å². The van der Waals surface area contributed by atoms with Crippen LogP contribution in [0.3, 0.4) is 0 Å². The maximum atomic E-state index is 11.9. The smallest absolute Gasteiger partial charge is 0.211 e. The predicted octanol–water partition coefficient (Wildman–Crippen LogP) is 1.87. The molecule has 0 aromatic heterocycles. The van der Waals surface area contributed by atoms with Crippen molar-refractivity contribution in [3.05, 3.63) is 0 Å². The minimum absolute atomic E-state index is 0.164. The van der Waals surface area contributed by atoms with Gasteiger partial charge in [-0.1, -0.05) is 26.7 Å². The summed E-state index contributed by atoms with van der Waals surface area (Å²) in [4.78, 5) is 0. The molecule has 1 rings (SSSR count). The van der Waals surface area contributed by atoms with Gasteiger partial charge in [0.15, 0.2) is 0 Å². The van der Waals surface area contributed by atoms with E-state index in [4.69, 9.17) is 0 Å². The predicted molar refractivity (Wildman–Crippen MR) is 76.1 cm³/mol. The molecule has 1 aliphatic carbocycles. The third kappa shape index (κ3) is 6.16. The first-order chi connectivity index (χ1) is 8.55. The highest BCUT2D eigenvalue weighted by Gasteiger charge is 2.25. The lowest BCUT2D eigenvalue weighted by Crippen LogP contribution is -2.42. The number of hydrogen-bond acceptors (Lipinski definition) is 3. The minimum Gasteiger partial charge on any atom is -0.317 e. The van der Waals surface area contributed by atoms with Gasteiger partial charge in [0, 0.05) is 6.04 Å². The van der Waals surface area contributed by atoms with E-state index in [1.54, 1.807) is 0 Å². The average Bonchev–Trinajstić information content (AvgIpc) is 2.31. The second kappa shape index (κ2) is 8.12. The molecule has 0 aromatic carbocycles. The summed E-state index contributed by atoms with van der Waals surface area (Å²) < 4.78 is 26.8. The molecule has 1 aliphatic rings. The van der Waals surface area contributed by atoms with Gasteiger partial charge in [-0.05, 0) is 44.7 Å². The van der Waals surface area contributed by atoms with Crippen molar-refractivity contribution >= 4 is 10.0 Å². The lowest BCUT2D eigenvalue weighted by molar-refractivity contribution is 0.310. The molecule has 18 heavy (non-hydrogen) atoms. The summed E-state index contributed by atoms with van der Waals surface area (Å²) in [6, 6.07) is 0.164. The maximum Gasteiger partial charge on any atom is 0.211 e. The quantitative estimate of drug-likeness (QED) is 0.665. The molecule has 4 nitrogen and oxygen atoms in total. The van der Waals surface area contributed by atoms with E-state index in [1.807, 2.05) is 0 Å². The van der Waals surface area contributed by atoms with E-state index in [9.17, 15) is 8.42 Å². The van der Waals surface area contributed by atoms with Crippen molar-refractivity contribution in [2.24, 2.45) is 5.92 Å². The molecule has 0 bridgehead atoms. The first-order valence-corrected chi connectivity index (χ1v) is 8.91. The molecule has 2 atom stereocenters. The number of sulfonamides is 1. The zero-order valence-corrected chi connectivity index (χ0v) is 12.6. The van der Waals surface area contributed by atoms with Crippen LogP contribution in [0.5, 0.6) is 0 Å². The molecule has 0 heterocycles. The standard InChI is InChI=1S/C13H28N2O2S/c1-3-14-10-6-7-11-18(16,17)15-13-9-5-4-8-12(13)2/h12-15H,3-11H2,1-2H3. The monoisotopic (exact) mass is 276 g/mol. The van der Waals surface area contributed by atoms with Crippen LogP contribution in [0.1, 0.15) is 52.4 Å². The Morgan fingerprint density at radius 1 is 1.17 bits per heavy atom. The molecule has 1 saturated carbocycles. The molecule has 0 radical (unpaired) electrons. The number of unbranched alkanes of at least 4 members (excludes halogenated alkanes) is 1. The Hall–Kier alpha value is -0.130. The summed E-state index contributed by atoms with van der Waals surface area (Å²) in [5.74, 6) is 0.747. The van der Waals surface area contributed by atoms with Crippen LogP contribution in [0.2, 0.25) is 0 Å². The maximum absolute atomic E-state index is 11.9. The van der Waals surface area contributed by atoms with E-state index in [-0.39, 0.29) is 11.8 Å². The van der Waals surface area contributed by atoms with Gasteiger partial charge >= 0.3 is 0 Å². The van der Waals surface area contributed by atoms with Crippen molar-refractivity contribution in [3.63, 3.8) is 0 Å². The molecular weight excluding hydrogens is 248 g/mol. The fourth-order valence-corrected chi connectivity index (χ4v) is 4.01. The topological polar surface area (TPSA) is 58.2 Å². The van der Waals surface area contributed by atoms with Crippen LogP contribution in [0.25, 0.3) is 0 Å². The van der Waals surface area contributed by atoms with Crippen LogP contribution in [0.4, 0.5) is 0 Å². The summed E-state index contributed by atoms with van der Waals surface area (Å²) in [6.45, 7) is 6.07. The van der Waals surface area contributed by atoms with E-state index < -0.39 is 10.0 Å². The molecule has 0 spiro atoms. The molecule has 108 valence electrons. The molecule has 0 saturated heterocycles. The van der Waals surface area contributed by atoms with Crippen molar-refractivity contribution in [3.8, 4) is 0 Å². The summed E-state index contributed by atoms with van der Waals surface area (Å²) in [6.07, 6.45) is 6.20. The molecule has 2 N–H and O–H groups in total. The second-order valence-corrected chi connectivity index (χ2v) is 7.24. The summed E-state index contributed by atoms with van der Waals surface area (Å²) in [7, 11) is -3.08. The van der Waals surface area contributed by atoms with Gasteiger partial charge in [0.2, 0.25) is 10.0 Å². The SMILES string of the molecule is CCNCCCCS(=O)(=O)NC1CCCCC1C. The summed E-state index contributed by atoms with van der Waals surface area (Å²) in [5, 5.41) is 3.21. The van der Waals surface area contributed by atoms with E-state index in [2.05, 4.69) is 23.9 Å². The zero-order chi connectivity index (χ0) is 13.4. The Morgan fingerprint density at radius 3 is 2.56 bits per heavy atom. The van der Waals surface area contributed by atoms with E-state index in [0.29, 0.717) is 5.92 Å². The minimum atomic E-state index is -3.08. The van der Waals surface area contributed by atoms with Gasteiger partial charge in [-0.25, -0.2) is 13.1 Å². The lowest BCUT2D eigenvalue weighted by atomic mass is 9.87. The summed E-state index contributed by atoms with van der Waals surface area (Å²) >= 11 is 0. The van der Waals surface area contributed by atoms with Gasteiger partial charge in [0.1, 0.15) is 0 Å². The van der Waals surface area contributed by atoms with Crippen LogP contribution >= 0.6 is 0 Å². The first-order valence-electron chi connectivity index (χ1n) is 7.26. The normalized spacial score (nSPS) is 25.2. The van der Waals surface area contributed by atoms with Gasteiger partial charge in [-0.15, -0.1) is 0 Å². The van der Waals surface area contributed by atoms with Crippen LogP contribution in [-0.2, 0) is 10.0 Å². The molecular formula is C13H28N2O2S. The fourth-order valence-electron chi connectivity index (χ4n) is 2.50. The van der Waals surface area contributed by atoms with Gasteiger partial charge in [-0.3, -0.25) is 0 Å². The van der Waals surface area contributed by atoms with Gasteiger partial charge < -0.3 is 5.32 Å². The van der Waals surface area contributed by atoms with Crippen molar-refractivity contribution in [1.29, 1.82) is 0 Å². The highest BCUT2D eigenvalue weighted by atomic mass is 32.2. The Labute approximate surface area is 112 Å². The Bertz CT molecular complexity index is 317. The Kier molecular flexibility index (Phi) is 7.19. The van der Waals surface area contributed by atoms with Gasteiger partial charge in [0.25, 0.3) is 0 Å². The molecule has 0 aliphatic heterocycles. The largest absolute Gasteiger partial charge is 0.317 e. The highest BCUT2D eigenvalue weighted by molar-refractivity contribution is 7.89. The van der Waals surface area contributed by atoms with Crippen LogP contribution in [0, 0.1) is 5.92 Å². The average molecular weight is 276 g/mol. The molecule has 0 amide bonds. The lowest BCUT2D eigenvalue weighted by Gasteiger charge is -2.29. The summed E-state index contributed by atoms with van der Waals surface area (Å²) in [5.41, 5.74) is 0.